The number of hydrogen-bond donors (Lipinski definition) is 2. The number of amides is 1. The van der Waals surface area contributed by atoms with Gasteiger partial charge < -0.3 is 11.1 Å². The highest BCUT2D eigenvalue weighted by molar-refractivity contribution is 5.87. The Morgan fingerprint density at radius 2 is 2.24 bits per heavy atom. The molecule has 0 spiro atoms. The van der Waals surface area contributed by atoms with E-state index in [0.29, 0.717) is 30.4 Å². The highest BCUT2D eigenvalue weighted by Gasteiger charge is 2.45. The Labute approximate surface area is 145 Å². The zero-order valence-corrected chi connectivity index (χ0v) is 14.2. The molecule has 0 aromatic heterocycles. The van der Waals surface area contributed by atoms with E-state index in [1.54, 1.807) is 6.92 Å². The smallest absolute Gasteiger partial charge is 0.211 e. The van der Waals surface area contributed by atoms with E-state index in [1.807, 2.05) is 6.92 Å². The molecular weight excluding hydrogens is 331 g/mol. The third kappa shape index (κ3) is 3.41. The molecule has 1 aromatic rings. The van der Waals surface area contributed by atoms with Crippen LogP contribution in [-0.4, -0.2) is 18.9 Å². The minimum absolute atomic E-state index is 0.0231. The molecule has 2 unspecified atom stereocenters. The average Bonchev–Trinajstić information content (AvgIpc) is 2.61. The fraction of sp³-hybridized carbons (Fsp3) is 0.444. The molecule has 0 saturated heterocycles. The summed E-state index contributed by atoms with van der Waals surface area (Å²) in [6.45, 7) is 2.65. The minimum Gasteiger partial charge on any atom is -0.387 e. The lowest BCUT2D eigenvalue weighted by molar-refractivity contribution is -0.105. The summed E-state index contributed by atoms with van der Waals surface area (Å²) in [6, 6.07) is 3.96. The molecule has 1 aliphatic heterocycles. The summed E-state index contributed by atoms with van der Waals surface area (Å²) in [6.07, 6.45) is 1.48. The van der Waals surface area contributed by atoms with E-state index in [2.05, 4.69) is 10.3 Å². The van der Waals surface area contributed by atoms with Crippen LogP contribution in [0.15, 0.2) is 35.1 Å². The van der Waals surface area contributed by atoms with Crippen molar-refractivity contribution in [3.05, 3.63) is 41.5 Å². The molecule has 0 saturated carbocycles. The van der Waals surface area contributed by atoms with Crippen molar-refractivity contribution in [2.75, 3.05) is 12.0 Å². The van der Waals surface area contributed by atoms with Gasteiger partial charge in [-0.3, -0.25) is 14.2 Å². The first-order valence-electron chi connectivity index (χ1n) is 8.14. The lowest BCUT2D eigenvalue weighted by atomic mass is 9.70. The topological polar surface area (TPSA) is 67.5 Å². The predicted molar refractivity (Wildman–Crippen MR) is 92.1 cm³/mol. The molecule has 0 fully saturated rings. The zero-order chi connectivity index (χ0) is 18.6. The Bertz CT molecular complexity index is 705. The number of hydrogen-bond acceptors (Lipinski definition) is 3. The molecule has 0 bridgehead atoms. The fourth-order valence-corrected chi connectivity index (χ4v) is 3.41. The first kappa shape index (κ1) is 19.0. The number of rotatable bonds is 6. The number of alkyl halides is 1. The van der Waals surface area contributed by atoms with Crippen molar-refractivity contribution in [3.8, 4) is 0 Å². The van der Waals surface area contributed by atoms with Crippen molar-refractivity contribution < 1.29 is 18.0 Å². The van der Waals surface area contributed by atoms with Crippen LogP contribution < -0.4 is 11.1 Å². The molecule has 3 atom stereocenters. The molecule has 2 rings (SSSR count). The van der Waals surface area contributed by atoms with Crippen LogP contribution in [0.5, 0.6) is 0 Å². The van der Waals surface area contributed by atoms with E-state index in [0.717, 1.165) is 0 Å². The van der Waals surface area contributed by atoms with Crippen LogP contribution in [0.4, 0.5) is 18.9 Å². The van der Waals surface area contributed by atoms with E-state index in [9.17, 15) is 18.0 Å². The quantitative estimate of drug-likeness (QED) is 0.763. The molecule has 0 radical (unpaired) electrons. The van der Waals surface area contributed by atoms with Crippen molar-refractivity contribution in [2.45, 2.75) is 32.2 Å². The molecular formula is C18H22F3N3O. The van der Waals surface area contributed by atoms with Crippen molar-refractivity contribution in [3.63, 3.8) is 0 Å². The van der Waals surface area contributed by atoms with Gasteiger partial charge in [0.25, 0.3) is 0 Å². The Hall–Kier alpha value is -2.31. The third-order valence-electron chi connectivity index (χ3n) is 4.86. The van der Waals surface area contributed by atoms with Gasteiger partial charge in [0.15, 0.2) is 0 Å². The minimum atomic E-state index is -1.37. The van der Waals surface area contributed by atoms with Gasteiger partial charge in [-0.05, 0) is 30.2 Å². The van der Waals surface area contributed by atoms with Gasteiger partial charge in [0, 0.05) is 29.5 Å². The number of benzene rings is 1. The highest BCUT2D eigenvalue weighted by Crippen LogP contribution is 2.47. The Morgan fingerprint density at radius 1 is 1.52 bits per heavy atom. The van der Waals surface area contributed by atoms with Crippen LogP contribution in [0.1, 0.15) is 32.3 Å². The van der Waals surface area contributed by atoms with E-state index >= 15 is 0 Å². The van der Waals surface area contributed by atoms with Gasteiger partial charge in [-0.1, -0.05) is 13.8 Å². The molecule has 7 heteroatoms. The van der Waals surface area contributed by atoms with Gasteiger partial charge in [-0.15, -0.1) is 0 Å². The number of aliphatic imine (C=N–C) groups is 1. The van der Waals surface area contributed by atoms with Crippen molar-refractivity contribution >= 4 is 17.9 Å². The van der Waals surface area contributed by atoms with Crippen molar-refractivity contribution in [2.24, 2.45) is 22.6 Å². The number of nitrogens with zero attached hydrogens (tertiary/aromatic N) is 1. The second-order valence-corrected chi connectivity index (χ2v) is 6.29. The predicted octanol–water partition coefficient (Wildman–Crippen LogP) is 3.84. The normalized spacial score (nSPS) is 26.2. The van der Waals surface area contributed by atoms with Crippen LogP contribution in [0.3, 0.4) is 0 Å². The Kier molecular flexibility index (Phi) is 5.87. The van der Waals surface area contributed by atoms with Crippen LogP contribution in [0, 0.1) is 17.7 Å². The summed E-state index contributed by atoms with van der Waals surface area (Å²) in [7, 11) is 0. The van der Waals surface area contributed by atoms with Crippen LogP contribution in [-0.2, 0) is 10.3 Å². The van der Waals surface area contributed by atoms with E-state index in [-0.39, 0.29) is 23.7 Å². The van der Waals surface area contributed by atoms with Gasteiger partial charge in [-0.2, -0.15) is 0 Å². The summed E-state index contributed by atoms with van der Waals surface area (Å²) in [5.41, 5.74) is 5.46. The van der Waals surface area contributed by atoms with Crippen LogP contribution in [0.2, 0.25) is 0 Å². The first-order valence-corrected chi connectivity index (χ1v) is 8.14. The number of anilines is 1. The lowest BCUT2D eigenvalue weighted by Gasteiger charge is -2.41. The second kappa shape index (κ2) is 7.72. The largest absolute Gasteiger partial charge is 0.387 e. The summed E-state index contributed by atoms with van der Waals surface area (Å²) in [5.74, 6) is -1.57. The molecule has 3 N–H and O–H groups in total. The van der Waals surface area contributed by atoms with Gasteiger partial charge >= 0.3 is 0 Å². The number of halogens is 3. The molecule has 136 valence electrons. The van der Waals surface area contributed by atoms with Crippen molar-refractivity contribution in [1.29, 1.82) is 0 Å². The summed E-state index contributed by atoms with van der Waals surface area (Å²) in [5, 5.41) is 2.44. The van der Waals surface area contributed by atoms with Crippen LogP contribution in [0.25, 0.3) is 0 Å². The summed E-state index contributed by atoms with van der Waals surface area (Å²) in [4.78, 5) is 15.1. The van der Waals surface area contributed by atoms with Gasteiger partial charge in [0.1, 0.15) is 11.7 Å². The van der Waals surface area contributed by atoms with E-state index < -0.39 is 23.9 Å². The molecule has 25 heavy (non-hydrogen) atoms. The number of nitrogens with two attached hydrogens (primary N) is 1. The lowest BCUT2D eigenvalue weighted by Crippen LogP contribution is -2.43. The van der Waals surface area contributed by atoms with E-state index in [1.165, 1.54) is 18.2 Å². The molecule has 1 aliphatic rings. The third-order valence-corrected chi connectivity index (χ3v) is 4.86. The molecule has 1 aromatic carbocycles. The number of carbonyl (C=O) groups excluding carboxylic acids is 1. The fourth-order valence-electron chi connectivity index (χ4n) is 3.41. The molecule has 0 aliphatic carbocycles. The van der Waals surface area contributed by atoms with Crippen LogP contribution >= 0.6 is 0 Å². The maximum absolute atomic E-state index is 14.6. The van der Waals surface area contributed by atoms with Gasteiger partial charge in [0.2, 0.25) is 6.41 Å². The SMILES string of the molecule is CCC1C(N)=NC(c2cc(NC=O)ccc2F)([C@@H](C)CF)C/C1=C\F. The molecule has 1 heterocycles. The highest BCUT2D eigenvalue weighted by atomic mass is 19.1. The first-order chi connectivity index (χ1) is 11.9. The zero-order valence-electron chi connectivity index (χ0n) is 14.2. The number of amidine groups is 1. The van der Waals surface area contributed by atoms with E-state index in [4.69, 9.17) is 5.73 Å². The molecule has 1 amide bonds. The van der Waals surface area contributed by atoms with Gasteiger partial charge in [0.05, 0.1) is 18.5 Å². The summed E-state index contributed by atoms with van der Waals surface area (Å²) < 4.78 is 41.7. The van der Waals surface area contributed by atoms with Crippen molar-refractivity contribution in [1.82, 2.24) is 0 Å². The second-order valence-electron chi connectivity index (χ2n) is 6.29. The number of nitrogens with one attached hydrogen (secondary N) is 1. The monoisotopic (exact) mass is 353 g/mol. The standard InChI is InChI=1S/C18H22F3N3O/c1-3-14-12(9-20)7-18(11(2)8-19,24-17(14)22)15-6-13(23-10-25)4-5-16(15)21/h4-6,9-11,14H,3,7-8H2,1-2H3,(H2,22,24)(H,23,25)/b12-9+/t11-,14?,18?/m0/s1. The maximum Gasteiger partial charge on any atom is 0.211 e. The van der Waals surface area contributed by atoms with Gasteiger partial charge in [-0.25, -0.2) is 8.78 Å². The average molecular weight is 353 g/mol. The Morgan fingerprint density at radius 3 is 2.80 bits per heavy atom. The maximum atomic E-state index is 14.6. The number of carbonyl (C=O) groups is 1. The molecule has 4 nitrogen and oxygen atoms in total. The Balaban J connectivity index is 2.71. The summed E-state index contributed by atoms with van der Waals surface area (Å²) >= 11 is 0.